The third-order valence-corrected chi connectivity index (χ3v) is 1.81. The summed E-state index contributed by atoms with van der Waals surface area (Å²) in [5, 5.41) is 5.16. The van der Waals surface area contributed by atoms with Gasteiger partial charge in [-0.1, -0.05) is 0 Å². The Balaban J connectivity index is 2.49. The molecule has 98 valence electrons. The molecular weight excluding hydrogens is 234 g/mol. The van der Waals surface area contributed by atoms with Crippen LogP contribution in [0.25, 0.3) is 0 Å². The first kappa shape index (κ1) is 13.9. The third-order valence-electron chi connectivity index (χ3n) is 1.81. The van der Waals surface area contributed by atoms with Gasteiger partial charge in [-0.15, -0.1) is 0 Å². The number of hydrogen-bond donors (Lipinski definition) is 3. The van der Waals surface area contributed by atoms with Crippen LogP contribution in [0.15, 0.2) is 12.4 Å². The molecule has 0 aliphatic carbocycles. The van der Waals surface area contributed by atoms with Gasteiger partial charge in [-0.05, 0) is 20.8 Å². The second kappa shape index (κ2) is 5.44. The van der Waals surface area contributed by atoms with Crippen LogP contribution >= 0.6 is 0 Å². The average molecular weight is 251 g/mol. The molecule has 18 heavy (non-hydrogen) atoms. The van der Waals surface area contributed by atoms with Crippen molar-refractivity contribution in [2.24, 2.45) is 0 Å². The van der Waals surface area contributed by atoms with Crippen molar-refractivity contribution >= 4 is 17.6 Å². The molecule has 4 N–H and O–H groups in total. The second-order valence-electron chi connectivity index (χ2n) is 4.81. The summed E-state index contributed by atoms with van der Waals surface area (Å²) in [5.74, 6) is -0.603. The Morgan fingerprint density at radius 3 is 2.56 bits per heavy atom. The Labute approximate surface area is 105 Å². The highest BCUT2D eigenvalue weighted by Gasteiger charge is 2.15. The number of nitrogens with two attached hydrogens (primary N) is 1. The summed E-state index contributed by atoms with van der Waals surface area (Å²) in [7, 11) is 0. The Morgan fingerprint density at radius 1 is 1.33 bits per heavy atom. The zero-order valence-electron chi connectivity index (χ0n) is 10.7. The SMILES string of the molecule is CC(C)(C)NC(=O)CNC(=O)c1cncc(N)n1. The average Bonchev–Trinajstić information content (AvgIpc) is 2.23. The van der Waals surface area contributed by atoms with E-state index in [1.54, 1.807) is 0 Å². The molecule has 0 atom stereocenters. The molecule has 2 amide bonds. The molecule has 0 spiro atoms. The van der Waals surface area contributed by atoms with Crippen molar-refractivity contribution < 1.29 is 9.59 Å². The van der Waals surface area contributed by atoms with Crippen LogP contribution in [0.1, 0.15) is 31.3 Å². The Kier molecular flexibility index (Phi) is 4.19. The number of nitrogens with one attached hydrogen (secondary N) is 2. The highest BCUT2D eigenvalue weighted by molar-refractivity contribution is 5.94. The van der Waals surface area contributed by atoms with Crippen LogP contribution in [0.2, 0.25) is 0 Å². The summed E-state index contributed by atoms with van der Waals surface area (Å²) in [6, 6.07) is 0. The van der Waals surface area contributed by atoms with Gasteiger partial charge in [0.2, 0.25) is 5.91 Å². The predicted molar refractivity (Wildman–Crippen MR) is 66.7 cm³/mol. The van der Waals surface area contributed by atoms with Crippen LogP contribution in [-0.4, -0.2) is 33.9 Å². The van der Waals surface area contributed by atoms with Crippen LogP contribution in [0, 0.1) is 0 Å². The van der Waals surface area contributed by atoms with Gasteiger partial charge < -0.3 is 16.4 Å². The summed E-state index contributed by atoms with van der Waals surface area (Å²) in [6.45, 7) is 5.45. The highest BCUT2D eigenvalue weighted by Crippen LogP contribution is 1.98. The fourth-order valence-electron chi connectivity index (χ4n) is 1.20. The fraction of sp³-hybridized carbons (Fsp3) is 0.455. The second-order valence-corrected chi connectivity index (χ2v) is 4.81. The van der Waals surface area contributed by atoms with Crippen molar-refractivity contribution in [1.29, 1.82) is 0 Å². The third kappa shape index (κ3) is 4.77. The molecule has 0 aliphatic heterocycles. The lowest BCUT2D eigenvalue weighted by atomic mass is 10.1. The largest absolute Gasteiger partial charge is 0.382 e. The lowest BCUT2D eigenvalue weighted by Gasteiger charge is -2.20. The number of carbonyl (C=O) groups excluding carboxylic acids is 2. The normalized spacial score (nSPS) is 10.8. The smallest absolute Gasteiger partial charge is 0.272 e. The number of hydrogen-bond acceptors (Lipinski definition) is 5. The molecule has 1 aromatic heterocycles. The van der Waals surface area contributed by atoms with Gasteiger partial charge in [-0.3, -0.25) is 14.6 Å². The number of nitrogens with zero attached hydrogens (tertiary/aromatic N) is 2. The van der Waals surface area contributed by atoms with Gasteiger partial charge in [0.25, 0.3) is 5.91 Å². The van der Waals surface area contributed by atoms with E-state index in [4.69, 9.17) is 5.73 Å². The number of aromatic nitrogens is 2. The zero-order chi connectivity index (χ0) is 13.8. The van der Waals surface area contributed by atoms with Crippen molar-refractivity contribution in [2.75, 3.05) is 12.3 Å². The first-order chi connectivity index (χ1) is 8.28. The molecular formula is C11H17N5O2. The predicted octanol–water partition coefficient (Wildman–Crippen LogP) is -0.297. The van der Waals surface area contributed by atoms with Crippen molar-refractivity contribution in [2.45, 2.75) is 26.3 Å². The molecule has 1 aromatic rings. The van der Waals surface area contributed by atoms with E-state index in [1.165, 1.54) is 12.4 Å². The van der Waals surface area contributed by atoms with Gasteiger partial charge in [-0.25, -0.2) is 4.98 Å². The van der Waals surface area contributed by atoms with E-state index >= 15 is 0 Å². The van der Waals surface area contributed by atoms with Gasteiger partial charge in [0, 0.05) is 5.54 Å². The maximum absolute atomic E-state index is 11.6. The molecule has 0 aliphatic rings. The molecule has 0 saturated carbocycles. The number of amides is 2. The van der Waals surface area contributed by atoms with E-state index in [0.29, 0.717) is 0 Å². The van der Waals surface area contributed by atoms with Gasteiger partial charge in [0.05, 0.1) is 18.9 Å². The van der Waals surface area contributed by atoms with Gasteiger partial charge >= 0.3 is 0 Å². The van der Waals surface area contributed by atoms with Crippen molar-refractivity contribution in [1.82, 2.24) is 20.6 Å². The first-order valence-electron chi connectivity index (χ1n) is 5.44. The van der Waals surface area contributed by atoms with E-state index in [0.717, 1.165) is 0 Å². The quantitative estimate of drug-likeness (QED) is 0.683. The van der Waals surface area contributed by atoms with E-state index < -0.39 is 5.91 Å². The minimum atomic E-state index is -0.487. The molecule has 0 unspecified atom stereocenters. The zero-order valence-corrected chi connectivity index (χ0v) is 10.7. The molecule has 7 heteroatoms. The van der Waals surface area contributed by atoms with E-state index in [1.807, 2.05) is 20.8 Å². The van der Waals surface area contributed by atoms with E-state index in [2.05, 4.69) is 20.6 Å². The molecule has 0 fully saturated rings. The Bertz CT molecular complexity index is 453. The van der Waals surface area contributed by atoms with Gasteiger partial charge in [-0.2, -0.15) is 0 Å². The number of rotatable bonds is 3. The van der Waals surface area contributed by atoms with E-state index in [9.17, 15) is 9.59 Å². The summed E-state index contributed by atoms with van der Waals surface area (Å²) in [6.07, 6.45) is 2.62. The van der Waals surface area contributed by atoms with E-state index in [-0.39, 0.29) is 29.5 Å². The summed E-state index contributed by atoms with van der Waals surface area (Å²) < 4.78 is 0. The van der Waals surface area contributed by atoms with Crippen LogP contribution in [0.5, 0.6) is 0 Å². The molecule has 0 aromatic carbocycles. The lowest BCUT2D eigenvalue weighted by molar-refractivity contribution is -0.121. The molecule has 0 bridgehead atoms. The van der Waals surface area contributed by atoms with Gasteiger partial charge in [0.15, 0.2) is 0 Å². The van der Waals surface area contributed by atoms with Crippen LogP contribution < -0.4 is 16.4 Å². The topological polar surface area (TPSA) is 110 Å². The molecule has 7 nitrogen and oxygen atoms in total. The molecule has 1 heterocycles. The van der Waals surface area contributed by atoms with Crippen LogP contribution in [0.4, 0.5) is 5.82 Å². The monoisotopic (exact) mass is 251 g/mol. The first-order valence-corrected chi connectivity index (χ1v) is 5.44. The number of anilines is 1. The number of carbonyl (C=O) groups is 2. The summed E-state index contributed by atoms with van der Waals surface area (Å²) in [4.78, 5) is 30.6. The van der Waals surface area contributed by atoms with Crippen molar-refractivity contribution in [3.05, 3.63) is 18.1 Å². The number of nitrogen functional groups attached to an aromatic ring is 1. The fourth-order valence-corrected chi connectivity index (χ4v) is 1.20. The van der Waals surface area contributed by atoms with Crippen LogP contribution in [0.3, 0.4) is 0 Å². The minimum absolute atomic E-state index is 0.0820. The van der Waals surface area contributed by atoms with Gasteiger partial charge in [0.1, 0.15) is 11.5 Å². The maximum Gasteiger partial charge on any atom is 0.272 e. The summed E-state index contributed by atoms with van der Waals surface area (Å²) in [5.41, 5.74) is 5.15. The Hall–Kier alpha value is -2.18. The Morgan fingerprint density at radius 2 is 2.00 bits per heavy atom. The standard InChI is InChI=1S/C11H17N5O2/c1-11(2,3)16-9(17)6-14-10(18)7-4-13-5-8(12)15-7/h4-5H,6H2,1-3H3,(H2,12,15)(H,14,18)(H,16,17). The maximum atomic E-state index is 11.6. The van der Waals surface area contributed by atoms with Crippen LogP contribution in [-0.2, 0) is 4.79 Å². The van der Waals surface area contributed by atoms with Crippen molar-refractivity contribution in [3.63, 3.8) is 0 Å². The molecule has 0 radical (unpaired) electrons. The minimum Gasteiger partial charge on any atom is -0.382 e. The highest BCUT2D eigenvalue weighted by atomic mass is 16.2. The molecule has 0 saturated heterocycles. The lowest BCUT2D eigenvalue weighted by Crippen LogP contribution is -2.45. The van der Waals surface area contributed by atoms with Crippen molar-refractivity contribution in [3.8, 4) is 0 Å². The summed E-state index contributed by atoms with van der Waals surface area (Å²) >= 11 is 0. The molecule has 1 rings (SSSR count).